The van der Waals surface area contributed by atoms with E-state index < -0.39 is 0 Å². The molecule has 150 valence electrons. The smallest absolute Gasteiger partial charge is 0.220 e. The molecule has 0 aromatic heterocycles. The van der Waals surface area contributed by atoms with E-state index >= 15 is 0 Å². The van der Waals surface area contributed by atoms with E-state index in [0.29, 0.717) is 24.2 Å². The molecule has 1 heterocycles. The lowest BCUT2D eigenvalue weighted by Gasteiger charge is -2.33. The molecular weight excluding hydrogens is 336 g/mol. The average Bonchev–Trinajstić information content (AvgIpc) is 3.50. The van der Waals surface area contributed by atoms with Crippen LogP contribution in [0.15, 0.2) is 24.3 Å². The Morgan fingerprint density at radius 3 is 2.37 bits per heavy atom. The van der Waals surface area contributed by atoms with Gasteiger partial charge in [-0.3, -0.25) is 4.79 Å². The van der Waals surface area contributed by atoms with Crippen LogP contribution in [0.5, 0.6) is 5.75 Å². The van der Waals surface area contributed by atoms with Crippen LogP contribution in [0.3, 0.4) is 0 Å². The van der Waals surface area contributed by atoms with Crippen molar-refractivity contribution in [2.45, 2.75) is 51.9 Å². The molecule has 1 amide bonds. The van der Waals surface area contributed by atoms with E-state index in [2.05, 4.69) is 36.2 Å². The first-order valence-corrected chi connectivity index (χ1v) is 10.7. The Morgan fingerprint density at radius 2 is 1.81 bits per heavy atom. The van der Waals surface area contributed by atoms with Gasteiger partial charge in [0, 0.05) is 19.5 Å². The highest BCUT2D eigenvalue weighted by atomic mass is 16.5. The minimum Gasteiger partial charge on any atom is -0.497 e. The molecule has 4 nitrogen and oxygen atoms in total. The molecule has 2 fully saturated rings. The molecule has 27 heavy (non-hydrogen) atoms. The number of carbonyl (C=O) groups excluding carboxylic acids is 1. The van der Waals surface area contributed by atoms with Crippen LogP contribution in [-0.2, 0) is 4.79 Å². The minimum atomic E-state index is 0.215. The summed E-state index contributed by atoms with van der Waals surface area (Å²) in [6, 6.07) is 8.26. The summed E-state index contributed by atoms with van der Waals surface area (Å²) in [4.78, 5) is 15.2. The van der Waals surface area contributed by atoms with Gasteiger partial charge >= 0.3 is 0 Å². The second kappa shape index (κ2) is 9.59. The maximum atomic E-state index is 12.6. The molecule has 3 rings (SSSR count). The van der Waals surface area contributed by atoms with E-state index in [9.17, 15) is 4.79 Å². The standard InChI is InChI=1S/C23H36N2O2/c1-17(2)16-25-12-10-18(11-13-25)15-24-23(26)14-22(19-4-5-19)20-6-8-21(27-3)9-7-20/h6-9,17-19,22H,4-5,10-16H2,1-3H3,(H,24,26). The summed E-state index contributed by atoms with van der Waals surface area (Å²) in [5.74, 6) is 3.48. The first-order valence-electron chi connectivity index (χ1n) is 10.7. The molecule has 0 bridgehead atoms. The molecular formula is C23H36N2O2. The van der Waals surface area contributed by atoms with Gasteiger partial charge in [0.05, 0.1) is 7.11 Å². The zero-order chi connectivity index (χ0) is 19.2. The Kier molecular flexibility index (Phi) is 7.17. The zero-order valence-corrected chi connectivity index (χ0v) is 17.2. The molecule has 0 spiro atoms. The number of amides is 1. The van der Waals surface area contributed by atoms with Crippen LogP contribution in [0, 0.1) is 17.8 Å². The molecule has 1 aromatic carbocycles. The number of nitrogens with one attached hydrogen (secondary N) is 1. The van der Waals surface area contributed by atoms with Crippen molar-refractivity contribution in [2.75, 3.05) is 33.3 Å². The van der Waals surface area contributed by atoms with Crippen LogP contribution < -0.4 is 10.1 Å². The summed E-state index contributed by atoms with van der Waals surface area (Å²) >= 11 is 0. The minimum absolute atomic E-state index is 0.215. The van der Waals surface area contributed by atoms with E-state index in [1.54, 1.807) is 7.11 Å². The van der Waals surface area contributed by atoms with Crippen LogP contribution in [-0.4, -0.2) is 44.1 Å². The SMILES string of the molecule is COc1ccc(C(CC(=O)NCC2CCN(CC(C)C)CC2)C2CC2)cc1. The van der Waals surface area contributed by atoms with Gasteiger partial charge in [-0.1, -0.05) is 26.0 Å². The lowest BCUT2D eigenvalue weighted by atomic mass is 9.90. The second-order valence-electron chi connectivity index (χ2n) is 8.86. The van der Waals surface area contributed by atoms with Crippen molar-refractivity contribution in [1.29, 1.82) is 0 Å². The maximum Gasteiger partial charge on any atom is 0.220 e. The number of carbonyl (C=O) groups is 1. The molecule has 1 N–H and O–H groups in total. The van der Waals surface area contributed by atoms with E-state index in [4.69, 9.17) is 4.74 Å². The number of hydrogen-bond acceptors (Lipinski definition) is 3. The number of likely N-dealkylation sites (tertiary alicyclic amines) is 1. The molecule has 1 aromatic rings. The molecule has 2 aliphatic rings. The monoisotopic (exact) mass is 372 g/mol. The Balaban J connectivity index is 1.43. The van der Waals surface area contributed by atoms with Gasteiger partial charge in [-0.2, -0.15) is 0 Å². The molecule has 1 unspecified atom stereocenters. The Labute approximate surface area is 164 Å². The van der Waals surface area contributed by atoms with E-state index in [1.807, 2.05) is 12.1 Å². The third kappa shape index (κ3) is 6.24. The van der Waals surface area contributed by atoms with E-state index in [1.165, 1.54) is 50.9 Å². The average molecular weight is 373 g/mol. The molecule has 1 aliphatic heterocycles. The van der Waals surface area contributed by atoms with Crippen molar-refractivity contribution < 1.29 is 9.53 Å². The maximum absolute atomic E-state index is 12.6. The van der Waals surface area contributed by atoms with Crippen LogP contribution in [0.4, 0.5) is 0 Å². The number of nitrogens with zero attached hydrogens (tertiary/aromatic N) is 1. The van der Waals surface area contributed by atoms with Gasteiger partial charge in [-0.05, 0) is 80.1 Å². The fourth-order valence-electron chi connectivity index (χ4n) is 4.33. The Bertz CT molecular complexity index is 587. The highest BCUT2D eigenvalue weighted by Gasteiger charge is 2.33. The van der Waals surface area contributed by atoms with Gasteiger partial charge in [-0.15, -0.1) is 0 Å². The van der Waals surface area contributed by atoms with Gasteiger partial charge in [0.25, 0.3) is 0 Å². The van der Waals surface area contributed by atoms with Crippen molar-refractivity contribution in [2.24, 2.45) is 17.8 Å². The van der Waals surface area contributed by atoms with Crippen molar-refractivity contribution >= 4 is 5.91 Å². The van der Waals surface area contributed by atoms with Gasteiger partial charge in [-0.25, -0.2) is 0 Å². The molecule has 1 saturated heterocycles. The Hall–Kier alpha value is -1.55. The highest BCUT2D eigenvalue weighted by molar-refractivity contribution is 5.77. The van der Waals surface area contributed by atoms with Crippen molar-refractivity contribution in [3.05, 3.63) is 29.8 Å². The van der Waals surface area contributed by atoms with Crippen LogP contribution >= 0.6 is 0 Å². The lowest BCUT2D eigenvalue weighted by Crippen LogP contribution is -2.40. The van der Waals surface area contributed by atoms with Crippen molar-refractivity contribution in [3.63, 3.8) is 0 Å². The van der Waals surface area contributed by atoms with Crippen LogP contribution in [0.2, 0.25) is 0 Å². The molecule has 1 aliphatic carbocycles. The van der Waals surface area contributed by atoms with Gasteiger partial charge in [0.2, 0.25) is 5.91 Å². The predicted octanol–water partition coefficient (Wildman–Crippen LogP) is 4.06. The third-order valence-corrected chi connectivity index (χ3v) is 6.06. The van der Waals surface area contributed by atoms with E-state index in [0.717, 1.165) is 18.2 Å². The number of methoxy groups -OCH3 is 1. The number of benzene rings is 1. The topological polar surface area (TPSA) is 41.6 Å². The highest BCUT2D eigenvalue weighted by Crippen LogP contribution is 2.44. The number of hydrogen-bond donors (Lipinski definition) is 1. The first-order chi connectivity index (χ1) is 13.0. The van der Waals surface area contributed by atoms with E-state index in [-0.39, 0.29) is 5.91 Å². The quantitative estimate of drug-likeness (QED) is 0.711. The lowest BCUT2D eigenvalue weighted by molar-refractivity contribution is -0.121. The molecule has 0 radical (unpaired) electrons. The van der Waals surface area contributed by atoms with Crippen LogP contribution in [0.1, 0.15) is 57.4 Å². The fourth-order valence-corrected chi connectivity index (χ4v) is 4.33. The second-order valence-corrected chi connectivity index (χ2v) is 8.86. The first kappa shape index (κ1) is 20.2. The summed E-state index contributed by atoms with van der Waals surface area (Å²) in [5.41, 5.74) is 1.27. The number of piperidine rings is 1. The summed E-state index contributed by atoms with van der Waals surface area (Å²) in [5, 5.41) is 3.23. The third-order valence-electron chi connectivity index (χ3n) is 6.06. The summed E-state index contributed by atoms with van der Waals surface area (Å²) in [6.45, 7) is 8.96. The summed E-state index contributed by atoms with van der Waals surface area (Å²) in [6.07, 6.45) is 5.52. The number of rotatable bonds is 9. The van der Waals surface area contributed by atoms with Gasteiger partial charge in [0.15, 0.2) is 0 Å². The van der Waals surface area contributed by atoms with Gasteiger partial charge in [0.1, 0.15) is 5.75 Å². The molecule has 4 heteroatoms. The largest absolute Gasteiger partial charge is 0.497 e. The molecule has 1 atom stereocenters. The van der Waals surface area contributed by atoms with Crippen LogP contribution in [0.25, 0.3) is 0 Å². The van der Waals surface area contributed by atoms with Gasteiger partial charge < -0.3 is 15.0 Å². The fraction of sp³-hybridized carbons (Fsp3) is 0.696. The van der Waals surface area contributed by atoms with Crippen molar-refractivity contribution in [3.8, 4) is 5.75 Å². The van der Waals surface area contributed by atoms with Crippen molar-refractivity contribution in [1.82, 2.24) is 10.2 Å². The predicted molar refractivity (Wildman–Crippen MR) is 110 cm³/mol. The normalized spacial score (nSPS) is 19.9. The zero-order valence-electron chi connectivity index (χ0n) is 17.2. The molecule has 1 saturated carbocycles. The summed E-state index contributed by atoms with van der Waals surface area (Å²) in [7, 11) is 1.69. The summed E-state index contributed by atoms with van der Waals surface area (Å²) < 4.78 is 5.26. The number of ether oxygens (including phenoxy) is 1. The Morgan fingerprint density at radius 1 is 1.15 bits per heavy atom.